The molecule has 1 aliphatic heterocycles. The number of rotatable bonds is 22. The number of aromatic nitrogens is 6. The van der Waals surface area contributed by atoms with E-state index in [1.165, 1.54) is 0 Å². The lowest BCUT2D eigenvalue weighted by molar-refractivity contribution is 0.0108. The van der Waals surface area contributed by atoms with Crippen molar-refractivity contribution in [2.45, 2.75) is 80.8 Å². The van der Waals surface area contributed by atoms with Crippen LogP contribution in [0.15, 0.2) is 12.4 Å². The van der Waals surface area contributed by atoms with E-state index >= 15 is 0 Å². The van der Waals surface area contributed by atoms with Gasteiger partial charge in [-0.05, 0) is 56.4 Å². The first-order valence-corrected chi connectivity index (χ1v) is 20.7. The predicted molar refractivity (Wildman–Crippen MR) is 192 cm³/mol. The minimum absolute atomic E-state index is 0.0948. The molecule has 2 aromatic heterocycles. The monoisotopic (exact) mass is 778 g/mol. The Balaban J connectivity index is 0.869. The fourth-order valence-electron chi connectivity index (χ4n) is 7.82. The summed E-state index contributed by atoms with van der Waals surface area (Å²) in [6.45, 7) is 7.09. The van der Waals surface area contributed by atoms with E-state index < -0.39 is 10.0 Å². The number of halogens is 2. The first-order valence-electron chi connectivity index (χ1n) is 18.2. The van der Waals surface area contributed by atoms with E-state index in [2.05, 4.69) is 37.3 Å². The summed E-state index contributed by atoms with van der Waals surface area (Å²) in [6.07, 6.45) is 8.91. The number of fused-ring (bicyclic) bond motifs is 1. The van der Waals surface area contributed by atoms with E-state index in [0.717, 1.165) is 50.2 Å². The van der Waals surface area contributed by atoms with Crippen LogP contribution < -0.4 is 4.72 Å². The van der Waals surface area contributed by atoms with Crippen LogP contribution in [-0.2, 0) is 60.0 Å². The van der Waals surface area contributed by atoms with Crippen LogP contribution in [0.25, 0.3) is 0 Å². The highest BCUT2D eigenvalue weighted by molar-refractivity contribution is 7.90. The van der Waals surface area contributed by atoms with Gasteiger partial charge < -0.3 is 28.6 Å². The number of nitrogens with zero attached hydrogens (tertiary/aromatic N) is 7. The van der Waals surface area contributed by atoms with Crippen molar-refractivity contribution in [3.63, 3.8) is 0 Å². The number of hydrogen-bond acceptors (Lipinski definition) is 12. The van der Waals surface area contributed by atoms with Gasteiger partial charge >= 0.3 is 0 Å². The number of methoxy groups -OCH3 is 1. The molecule has 2 saturated carbocycles. The number of likely N-dealkylation sites (tertiary alicyclic amines) is 1. The average Bonchev–Trinajstić information content (AvgIpc) is 3.77. The third-order valence-electron chi connectivity index (χ3n) is 10.3. The van der Waals surface area contributed by atoms with Crippen LogP contribution >= 0.6 is 23.2 Å². The second-order valence-electron chi connectivity index (χ2n) is 14.1. The minimum Gasteiger partial charge on any atom is -0.383 e. The summed E-state index contributed by atoms with van der Waals surface area (Å²) in [4.78, 5) is 2.39. The summed E-state index contributed by atoms with van der Waals surface area (Å²) in [6, 6.07) is 0. The Hall–Kier alpha value is -1.47. The SMILES string of the molecule is COCCn1cc(COCc2cn(CCOCCOCCOCCNS(=O)(=O)C3CCCC(C4CN(C)CC5C(Cl)CC(Cl)CC54)C3)nn2)nn1. The Kier molecular flexibility index (Phi) is 16.6. The van der Waals surface area contributed by atoms with Gasteiger partial charge in [-0.15, -0.1) is 33.4 Å². The van der Waals surface area contributed by atoms with Crippen molar-refractivity contribution in [1.29, 1.82) is 0 Å². The quantitative estimate of drug-likeness (QED) is 0.138. The number of piperidine rings is 1. The molecule has 3 fully saturated rings. The van der Waals surface area contributed by atoms with Gasteiger partial charge in [0.05, 0.1) is 90.2 Å². The van der Waals surface area contributed by atoms with Gasteiger partial charge in [0, 0.05) is 37.5 Å². The maximum atomic E-state index is 13.3. The van der Waals surface area contributed by atoms with Crippen LogP contribution in [0.5, 0.6) is 0 Å². The Morgan fingerprint density at radius 1 is 0.784 bits per heavy atom. The lowest BCUT2D eigenvalue weighted by Crippen LogP contribution is -2.54. The van der Waals surface area contributed by atoms with Crippen LogP contribution in [0.3, 0.4) is 0 Å². The summed E-state index contributed by atoms with van der Waals surface area (Å²) < 4.78 is 60.3. The molecule has 51 heavy (non-hydrogen) atoms. The number of nitrogens with one attached hydrogen (secondary N) is 1. The molecule has 0 bridgehead atoms. The summed E-state index contributed by atoms with van der Waals surface area (Å²) in [5.74, 6) is 1.72. The zero-order valence-corrected chi connectivity index (χ0v) is 32.3. The smallest absolute Gasteiger partial charge is 0.214 e. The van der Waals surface area contributed by atoms with Gasteiger partial charge in [0.1, 0.15) is 11.4 Å². The van der Waals surface area contributed by atoms with Crippen LogP contribution in [0.4, 0.5) is 0 Å². The highest BCUT2D eigenvalue weighted by Gasteiger charge is 2.47. The molecule has 290 valence electrons. The molecule has 0 amide bonds. The van der Waals surface area contributed by atoms with Crippen molar-refractivity contribution >= 4 is 33.2 Å². The summed E-state index contributed by atoms with van der Waals surface area (Å²) >= 11 is 13.4. The van der Waals surface area contributed by atoms with Crippen LogP contribution in [-0.4, -0.2) is 139 Å². The Bertz CT molecular complexity index is 1400. The number of ether oxygens (including phenoxy) is 5. The molecule has 3 heterocycles. The molecule has 18 heteroatoms. The maximum Gasteiger partial charge on any atom is 0.214 e. The molecule has 2 aromatic rings. The van der Waals surface area contributed by atoms with Crippen molar-refractivity contribution in [2.24, 2.45) is 23.7 Å². The molecule has 15 nitrogen and oxygen atoms in total. The van der Waals surface area contributed by atoms with Crippen molar-refractivity contribution < 1.29 is 32.1 Å². The van der Waals surface area contributed by atoms with Gasteiger partial charge in [-0.2, -0.15) is 0 Å². The highest BCUT2D eigenvalue weighted by Crippen LogP contribution is 2.48. The van der Waals surface area contributed by atoms with E-state index in [4.69, 9.17) is 46.9 Å². The van der Waals surface area contributed by atoms with E-state index in [1.54, 1.807) is 16.5 Å². The zero-order chi connectivity index (χ0) is 36.1. The van der Waals surface area contributed by atoms with E-state index in [0.29, 0.717) is 109 Å². The largest absolute Gasteiger partial charge is 0.383 e. The molecule has 0 aromatic carbocycles. The van der Waals surface area contributed by atoms with Gasteiger partial charge in [0.15, 0.2) is 0 Å². The predicted octanol–water partition coefficient (Wildman–Crippen LogP) is 2.56. The molecule has 3 aliphatic rings. The zero-order valence-electron chi connectivity index (χ0n) is 30.0. The van der Waals surface area contributed by atoms with Crippen molar-refractivity contribution in [3.05, 3.63) is 23.8 Å². The van der Waals surface area contributed by atoms with Gasteiger partial charge in [0.25, 0.3) is 0 Å². The maximum absolute atomic E-state index is 13.3. The van der Waals surface area contributed by atoms with Gasteiger partial charge in [-0.1, -0.05) is 23.3 Å². The number of alkyl halides is 2. The second kappa shape index (κ2) is 20.8. The highest BCUT2D eigenvalue weighted by atomic mass is 35.5. The van der Waals surface area contributed by atoms with Crippen LogP contribution in [0, 0.1) is 23.7 Å². The van der Waals surface area contributed by atoms with E-state index in [-0.39, 0.29) is 22.5 Å². The molecule has 1 saturated heterocycles. The summed E-state index contributed by atoms with van der Waals surface area (Å²) in [5.41, 5.74) is 1.46. The molecule has 0 spiro atoms. The first-order chi connectivity index (χ1) is 24.7. The third-order valence-corrected chi connectivity index (χ3v) is 13.1. The average molecular weight is 780 g/mol. The Morgan fingerprint density at radius 3 is 2.10 bits per heavy atom. The minimum atomic E-state index is -3.43. The second-order valence-corrected chi connectivity index (χ2v) is 17.3. The van der Waals surface area contributed by atoms with Gasteiger partial charge in [-0.3, -0.25) is 0 Å². The van der Waals surface area contributed by atoms with Crippen molar-refractivity contribution in [1.82, 2.24) is 39.6 Å². The molecule has 7 unspecified atom stereocenters. The van der Waals surface area contributed by atoms with Crippen LogP contribution in [0.2, 0.25) is 0 Å². The lowest BCUT2D eigenvalue weighted by Gasteiger charge is -2.51. The fraction of sp³-hybridized carbons (Fsp3) is 0.879. The molecular weight excluding hydrogens is 723 g/mol. The standard InChI is InChI=1S/C33H56Cl2N8O7S/c1-41-21-31(30-17-26(34)18-33(35)32(30)22-41)25-4-3-5-29(16-25)51(44,45)36-6-9-47-12-14-49-15-13-48-11-8-43-20-28(38-40-43)24-50-23-27-19-42(39-37-27)7-10-46-2/h19-20,25-26,29-33,36H,3-18,21-24H2,1-2H3. The molecule has 2 aliphatic carbocycles. The molecular formula is C33H56Cl2N8O7S. The summed E-state index contributed by atoms with van der Waals surface area (Å²) in [7, 11) is 0.377. The molecule has 7 atom stereocenters. The van der Waals surface area contributed by atoms with Gasteiger partial charge in [-0.25, -0.2) is 22.5 Å². The number of sulfonamides is 1. The van der Waals surface area contributed by atoms with Crippen molar-refractivity contribution in [2.75, 3.05) is 80.0 Å². The molecule has 5 rings (SSSR count). The summed E-state index contributed by atoms with van der Waals surface area (Å²) in [5, 5.41) is 16.2. The first kappa shape index (κ1) is 40.7. The lowest BCUT2D eigenvalue weighted by atomic mass is 9.63. The number of hydrogen-bond donors (Lipinski definition) is 1. The molecule has 1 N–H and O–H groups in total. The van der Waals surface area contributed by atoms with Crippen LogP contribution in [0.1, 0.15) is 49.9 Å². The fourth-order valence-corrected chi connectivity index (χ4v) is 10.4. The third kappa shape index (κ3) is 12.8. The Labute approximate surface area is 312 Å². The van der Waals surface area contributed by atoms with Gasteiger partial charge in [0.2, 0.25) is 10.0 Å². The molecule has 0 radical (unpaired) electrons. The topological polar surface area (TPSA) is 157 Å². The van der Waals surface area contributed by atoms with E-state index in [9.17, 15) is 8.42 Å². The Morgan fingerprint density at radius 2 is 1.41 bits per heavy atom. The van der Waals surface area contributed by atoms with Crippen molar-refractivity contribution in [3.8, 4) is 0 Å². The normalized spacial score (nSPS) is 27.5. The van der Waals surface area contributed by atoms with E-state index in [1.807, 2.05) is 12.4 Å².